The van der Waals surface area contributed by atoms with Crippen LogP contribution in [0.5, 0.6) is 0 Å². The Hall–Kier alpha value is -2.04. The quantitative estimate of drug-likeness (QED) is 0.702. The van der Waals surface area contributed by atoms with E-state index in [1.165, 1.54) is 6.92 Å². The lowest BCUT2D eigenvalue weighted by molar-refractivity contribution is 0.0972. The van der Waals surface area contributed by atoms with Gasteiger partial charge in [0, 0.05) is 18.8 Å². The average Bonchev–Trinajstić information content (AvgIpc) is 2.68. The molecule has 0 N–H and O–H groups in total. The van der Waals surface area contributed by atoms with Gasteiger partial charge in [-0.3, -0.25) is 9.78 Å². The zero-order valence-corrected chi connectivity index (χ0v) is 8.17. The lowest BCUT2D eigenvalue weighted by Gasteiger charge is -1.92. The normalized spacial score (nSPS) is 10.2. The number of ketones is 1. The molecule has 15 heavy (non-hydrogen) atoms. The first-order chi connectivity index (χ1) is 7.25. The van der Waals surface area contributed by atoms with E-state index in [1.807, 2.05) is 18.2 Å². The number of rotatable bonds is 3. The number of pyridine rings is 1. The van der Waals surface area contributed by atoms with Crippen molar-refractivity contribution in [1.29, 1.82) is 0 Å². The molecule has 0 saturated heterocycles. The van der Waals surface area contributed by atoms with E-state index in [0.717, 1.165) is 5.69 Å². The molecule has 0 bridgehead atoms. The Balaban J connectivity index is 2.15. The molecule has 0 aliphatic heterocycles. The van der Waals surface area contributed by atoms with E-state index in [9.17, 15) is 4.79 Å². The van der Waals surface area contributed by atoms with E-state index >= 15 is 0 Å². The fraction of sp³-hybridized carbons (Fsp3) is 0.200. The van der Waals surface area contributed by atoms with Gasteiger partial charge in [-0.2, -0.15) is 4.98 Å². The summed E-state index contributed by atoms with van der Waals surface area (Å²) >= 11 is 0. The third kappa shape index (κ3) is 2.25. The van der Waals surface area contributed by atoms with Gasteiger partial charge in [-0.05, 0) is 12.1 Å². The first kappa shape index (κ1) is 9.51. The molecule has 5 heteroatoms. The molecule has 0 spiro atoms. The van der Waals surface area contributed by atoms with Gasteiger partial charge in [0.15, 0.2) is 5.82 Å². The Labute approximate surface area is 86.1 Å². The highest BCUT2D eigenvalue weighted by molar-refractivity contribution is 5.89. The smallest absolute Gasteiger partial charge is 0.293 e. The van der Waals surface area contributed by atoms with Gasteiger partial charge < -0.3 is 4.52 Å². The minimum absolute atomic E-state index is 0.0425. The lowest BCUT2D eigenvalue weighted by Crippen LogP contribution is -1.95. The van der Waals surface area contributed by atoms with Gasteiger partial charge in [-0.25, -0.2) is 0 Å². The van der Waals surface area contributed by atoms with Crippen molar-refractivity contribution in [1.82, 2.24) is 15.1 Å². The van der Waals surface area contributed by atoms with Crippen LogP contribution in [0.4, 0.5) is 0 Å². The van der Waals surface area contributed by atoms with Crippen LogP contribution in [0.3, 0.4) is 0 Å². The summed E-state index contributed by atoms with van der Waals surface area (Å²) in [6.07, 6.45) is 2.17. The average molecular weight is 203 g/mol. The van der Waals surface area contributed by atoms with Crippen LogP contribution in [0, 0.1) is 0 Å². The van der Waals surface area contributed by atoms with E-state index in [2.05, 4.69) is 15.1 Å². The fourth-order valence-corrected chi connectivity index (χ4v) is 1.13. The fourth-order valence-electron chi connectivity index (χ4n) is 1.13. The van der Waals surface area contributed by atoms with Crippen LogP contribution in [0.2, 0.25) is 0 Å². The molecule has 0 amide bonds. The Morgan fingerprint density at radius 1 is 1.47 bits per heavy atom. The van der Waals surface area contributed by atoms with Crippen molar-refractivity contribution in [2.75, 3.05) is 0 Å². The number of nitrogens with zero attached hydrogens (tertiary/aromatic N) is 3. The summed E-state index contributed by atoms with van der Waals surface area (Å²) in [5.41, 5.74) is 0.841. The van der Waals surface area contributed by atoms with Gasteiger partial charge in [0.05, 0.1) is 6.42 Å². The molecular formula is C10H9N3O2. The minimum Gasteiger partial charge on any atom is -0.331 e. The third-order valence-electron chi connectivity index (χ3n) is 1.83. The second-order valence-corrected chi connectivity index (χ2v) is 3.07. The molecular weight excluding hydrogens is 194 g/mol. The molecule has 0 aromatic carbocycles. The van der Waals surface area contributed by atoms with E-state index in [1.54, 1.807) is 6.20 Å². The molecule has 0 unspecified atom stereocenters. The van der Waals surface area contributed by atoms with Crippen LogP contribution in [0.1, 0.15) is 29.1 Å². The van der Waals surface area contributed by atoms with E-state index in [0.29, 0.717) is 12.2 Å². The van der Waals surface area contributed by atoms with Crippen LogP contribution in [-0.4, -0.2) is 20.9 Å². The molecule has 0 radical (unpaired) electrons. The highest BCUT2D eigenvalue weighted by Crippen LogP contribution is 2.04. The van der Waals surface area contributed by atoms with Gasteiger partial charge >= 0.3 is 0 Å². The molecule has 2 heterocycles. The second kappa shape index (κ2) is 4.00. The number of aromatic nitrogens is 3. The molecule has 2 aromatic heterocycles. The largest absolute Gasteiger partial charge is 0.331 e. The molecule has 0 saturated carbocycles. The third-order valence-corrected chi connectivity index (χ3v) is 1.83. The molecule has 2 aromatic rings. The van der Waals surface area contributed by atoms with Crippen LogP contribution in [-0.2, 0) is 6.42 Å². The first-order valence-corrected chi connectivity index (χ1v) is 4.49. The van der Waals surface area contributed by atoms with Crippen molar-refractivity contribution in [2.24, 2.45) is 0 Å². The summed E-state index contributed by atoms with van der Waals surface area (Å²) < 4.78 is 4.76. The summed E-state index contributed by atoms with van der Waals surface area (Å²) in [7, 11) is 0. The zero-order valence-electron chi connectivity index (χ0n) is 8.17. The number of carbonyl (C=O) groups is 1. The Kier molecular flexibility index (Phi) is 2.53. The monoisotopic (exact) mass is 203 g/mol. The van der Waals surface area contributed by atoms with Gasteiger partial charge in [0.2, 0.25) is 5.78 Å². The van der Waals surface area contributed by atoms with E-state index in [-0.39, 0.29) is 11.7 Å². The number of Topliss-reactive ketones (excluding diaryl/α,β-unsaturated/α-hetero) is 1. The Morgan fingerprint density at radius 2 is 2.33 bits per heavy atom. The lowest BCUT2D eigenvalue weighted by atomic mass is 10.2. The van der Waals surface area contributed by atoms with Crippen molar-refractivity contribution in [3.05, 3.63) is 41.8 Å². The van der Waals surface area contributed by atoms with Crippen LogP contribution >= 0.6 is 0 Å². The highest BCUT2D eigenvalue weighted by atomic mass is 16.5. The summed E-state index contributed by atoms with van der Waals surface area (Å²) in [4.78, 5) is 19.0. The molecule has 0 fully saturated rings. The maximum atomic E-state index is 10.9. The van der Waals surface area contributed by atoms with Crippen LogP contribution < -0.4 is 0 Å². The van der Waals surface area contributed by atoms with Crippen molar-refractivity contribution in [3.8, 4) is 0 Å². The summed E-state index contributed by atoms with van der Waals surface area (Å²) in [5.74, 6) is 0.287. The number of hydrogen-bond acceptors (Lipinski definition) is 5. The first-order valence-electron chi connectivity index (χ1n) is 4.49. The molecule has 2 rings (SSSR count). The highest BCUT2D eigenvalue weighted by Gasteiger charge is 2.10. The van der Waals surface area contributed by atoms with Crippen molar-refractivity contribution in [2.45, 2.75) is 13.3 Å². The van der Waals surface area contributed by atoms with Crippen molar-refractivity contribution in [3.63, 3.8) is 0 Å². The van der Waals surface area contributed by atoms with Crippen LogP contribution in [0.15, 0.2) is 28.9 Å². The van der Waals surface area contributed by atoms with Gasteiger partial charge in [-0.1, -0.05) is 11.2 Å². The molecule has 0 aliphatic carbocycles. The minimum atomic E-state index is -0.227. The Bertz CT molecular complexity index is 465. The molecule has 0 atom stereocenters. The SMILES string of the molecule is CC(=O)c1nc(Cc2ccccn2)no1. The number of hydrogen-bond donors (Lipinski definition) is 0. The standard InChI is InChI=1S/C10H9N3O2/c1-7(14)10-12-9(13-15-10)6-8-4-2-3-5-11-8/h2-5H,6H2,1H3. The van der Waals surface area contributed by atoms with Crippen LogP contribution in [0.25, 0.3) is 0 Å². The number of carbonyl (C=O) groups excluding carboxylic acids is 1. The second-order valence-electron chi connectivity index (χ2n) is 3.07. The predicted molar refractivity (Wildman–Crippen MR) is 51.3 cm³/mol. The molecule has 76 valence electrons. The van der Waals surface area contributed by atoms with Crippen molar-refractivity contribution < 1.29 is 9.32 Å². The van der Waals surface area contributed by atoms with E-state index < -0.39 is 0 Å². The maximum Gasteiger partial charge on any atom is 0.293 e. The van der Waals surface area contributed by atoms with Gasteiger partial charge in [-0.15, -0.1) is 0 Å². The molecule has 0 aliphatic rings. The zero-order chi connectivity index (χ0) is 10.7. The van der Waals surface area contributed by atoms with E-state index in [4.69, 9.17) is 4.52 Å². The summed E-state index contributed by atoms with van der Waals surface area (Å²) in [6.45, 7) is 1.39. The Morgan fingerprint density at radius 3 is 2.93 bits per heavy atom. The van der Waals surface area contributed by atoms with Crippen molar-refractivity contribution >= 4 is 5.78 Å². The topological polar surface area (TPSA) is 68.9 Å². The predicted octanol–water partition coefficient (Wildman–Crippen LogP) is 1.26. The van der Waals surface area contributed by atoms with Gasteiger partial charge in [0.25, 0.3) is 5.89 Å². The summed E-state index contributed by atoms with van der Waals surface area (Å²) in [5, 5.41) is 3.69. The maximum absolute atomic E-state index is 10.9. The summed E-state index contributed by atoms with van der Waals surface area (Å²) in [6, 6.07) is 5.58. The van der Waals surface area contributed by atoms with Gasteiger partial charge in [0.1, 0.15) is 0 Å². The molecule has 5 nitrogen and oxygen atoms in total.